The van der Waals surface area contributed by atoms with Crippen LogP contribution in [0.5, 0.6) is 0 Å². The number of nitrogens with one attached hydrogen (secondary N) is 1. The smallest absolute Gasteiger partial charge is 0.354 e. The standard InChI is InChI=1S/C9H11N3O3/c13-8(12-3-1-2-4-12)6-7(9(14)15)11-5-10-6/h5H,1-4H2,(H,10,11)(H,14,15). The molecular formula is C9H11N3O3. The molecule has 0 spiro atoms. The second kappa shape index (κ2) is 3.72. The second-order valence-electron chi connectivity index (χ2n) is 3.43. The zero-order valence-corrected chi connectivity index (χ0v) is 8.06. The van der Waals surface area contributed by atoms with Crippen LogP contribution in [0.25, 0.3) is 0 Å². The van der Waals surface area contributed by atoms with Crippen LogP contribution in [0.15, 0.2) is 6.33 Å². The molecule has 2 heterocycles. The lowest BCUT2D eigenvalue weighted by atomic mass is 10.3. The molecule has 1 fully saturated rings. The largest absolute Gasteiger partial charge is 0.477 e. The first-order valence-corrected chi connectivity index (χ1v) is 4.76. The lowest BCUT2D eigenvalue weighted by Crippen LogP contribution is -2.29. The predicted molar refractivity (Wildman–Crippen MR) is 50.7 cm³/mol. The summed E-state index contributed by atoms with van der Waals surface area (Å²) in [4.78, 5) is 30.4. The van der Waals surface area contributed by atoms with Gasteiger partial charge < -0.3 is 15.0 Å². The van der Waals surface area contributed by atoms with E-state index >= 15 is 0 Å². The van der Waals surface area contributed by atoms with Gasteiger partial charge in [0.2, 0.25) is 0 Å². The highest BCUT2D eigenvalue weighted by Gasteiger charge is 2.26. The molecule has 0 aliphatic carbocycles. The number of nitrogens with zero attached hydrogens (tertiary/aromatic N) is 2. The number of carboxylic acid groups (broad SMARTS) is 1. The zero-order chi connectivity index (χ0) is 10.8. The third-order valence-electron chi connectivity index (χ3n) is 2.45. The van der Waals surface area contributed by atoms with Crippen molar-refractivity contribution in [2.45, 2.75) is 12.8 Å². The molecule has 0 unspecified atom stereocenters. The Bertz CT molecular complexity index is 393. The topological polar surface area (TPSA) is 86.3 Å². The monoisotopic (exact) mass is 209 g/mol. The molecule has 1 aromatic rings. The summed E-state index contributed by atoms with van der Waals surface area (Å²) in [7, 11) is 0. The van der Waals surface area contributed by atoms with Gasteiger partial charge in [0, 0.05) is 13.1 Å². The SMILES string of the molecule is O=C(O)c1[nH]cnc1C(=O)N1CCCC1. The molecule has 1 aliphatic heterocycles. The normalized spacial score (nSPS) is 15.6. The molecule has 6 heteroatoms. The highest BCUT2D eigenvalue weighted by molar-refractivity contribution is 6.02. The van der Waals surface area contributed by atoms with E-state index in [-0.39, 0.29) is 17.3 Å². The maximum atomic E-state index is 11.8. The lowest BCUT2D eigenvalue weighted by Gasteiger charge is -2.13. The van der Waals surface area contributed by atoms with Crippen molar-refractivity contribution >= 4 is 11.9 Å². The fourth-order valence-electron chi connectivity index (χ4n) is 1.69. The van der Waals surface area contributed by atoms with Crippen LogP contribution in [0, 0.1) is 0 Å². The van der Waals surface area contributed by atoms with Gasteiger partial charge in [-0.25, -0.2) is 9.78 Å². The van der Waals surface area contributed by atoms with Crippen LogP contribution >= 0.6 is 0 Å². The van der Waals surface area contributed by atoms with E-state index in [9.17, 15) is 9.59 Å². The molecule has 6 nitrogen and oxygen atoms in total. The maximum Gasteiger partial charge on any atom is 0.354 e. The Morgan fingerprint density at radius 3 is 2.67 bits per heavy atom. The van der Waals surface area contributed by atoms with E-state index in [4.69, 9.17) is 5.11 Å². The molecule has 1 amide bonds. The number of imidazole rings is 1. The van der Waals surface area contributed by atoms with Crippen LogP contribution in [0.3, 0.4) is 0 Å². The number of carboxylic acids is 1. The van der Waals surface area contributed by atoms with Crippen LogP contribution in [-0.2, 0) is 0 Å². The van der Waals surface area contributed by atoms with Gasteiger partial charge >= 0.3 is 5.97 Å². The third-order valence-corrected chi connectivity index (χ3v) is 2.45. The van der Waals surface area contributed by atoms with E-state index in [0.717, 1.165) is 12.8 Å². The first-order chi connectivity index (χ1) is 7.20. The van der Waals surface area contributed by atoms with Crippen LogP contribution in [-0.4, -0.2) is 44.9 Å². The molecule has 0 saturated carbocycles. The number of carbonyl (C=O) groups is 2. The van der Waals surface area contributed by atoms with Gasteiger partial charge in [0.25, 0.3) is 5.91 Å². The molecule has 0 aromatic carbocycles. The Kier molecular flexibility index (Phi) is 2.40. The molecule has 1 saturated heterocycles. The Morgan fingerprint density at radius 1 is 1.40 bits per heavy atom. The fraction of sp³-hybridized carbons (Fsp3) is 0.444. The van der Waals surface area contributed by atoms with Crippen LogP contribution < -0.4 is 0 Å². The predicted octanol–water partition coefficient (Wildman–Crippen LogP) is 0.344. The number of hydrogen-bond donors (Lipinski definition) is 2. The number of hydrogen-bond acceptors (Lipinski definition) is 3. The van der Waals surface area contributed by atoms with Crippen molar-refractivity contribution in [2.24, 2.45) is 0 Å². The quantitative estimate of drug-likeness (QED) is 0.735. The Balaban J connectivity index is 2.24. The number of rotatable bonds is 2. The lowest BCUT2D eigenvalue weighted by molar-refractivity contribution is 0.0675. The second-order valence-corrected chi connectivity index (χ2v) is 3.43. The summed E-state index contributed by atoms with van der Waals surface area (Å²) >= 11 is 0. The fourth-order valence-corrected chi connectivity index (χ4v) is 1.69. The van der Waals surface area contributed by atoms with Gasteiger partial charge in [0.1, 0.15) is 0 Å². The summed E-state index contributed by atoms with van der Waals surface area (Å²) in [5.41, 5.74) is -0.128. The highest BCUT2D eigenvalue weighted by atomic mass is 16.4. The molecule has 80 valence electrons. The van der Waals surface area contributed by atoms with Crippen LogP contribution in [0.2, 0.25) is 0 Å². The molecule has 0 radical (unpaired) electrons. The zero-order valence-electron chi connectivity index (χ0n) is 8.06. The molecular weight excluding hydrogens is 198 g/mol. The molecule has 0 bridgehead atoms. The summed E-state index contributed by atoms with van der Waals surface area (Å²) in [6.45, 7) is 1.37. The number of aromatic nitrogens is 2. The molecule has 1 aliphatic rings. The number of likely N-dealkylation sites (tertiary alicyclic amines) is 1. The van der Waals surface area contributed by atoms with Crippen molar-refractivity contribution in [1.29, 1.82) is 0 Å². The van der Waals surface area contributed by atoms with Crippen molar-refractivity contribution in [3.8, 4) is 0 Å². The first-order valence-electron chi connectivity index (χ1n) is 4.76. The molecule has 1 aromatic heterocycles. The van der Waals surface area contributed by atoms with E-state index in [2.05, 4.69) is 9.97 Å². The number of carbonyl (C=O) groups excluding carboxylic acids is 1. The molecule has 2 N–H and O–H groups in total. The van der Waals surface area contributed by atoms with Gasteiger partial charge in [-0.3, -0.25) is 4.79 Å². The van der Waals surface area contributed by atoms with Crippen molar-refractivity contribution in [3.05, 3.63) is 17.7 Å². The summed E-state index contributed by atoms with van der Waals surface area (Å²) in [6, 6.07) is 0. The Morgan fingerprint density at radius 2 is 2.07 bits per heavy atom. The minimum Gasteiger partial charge on any atom is -0.477 e. The third kappa shape index (κ3) is 1.70. The summed E-state index contributed by atoms with van der Waals surface area (Å²) in [6.07, 6.45) is 3.17. The van der Waals surface area contributed by atoms with Gasteiger partial charge in [-0.05, 0) is 12.8 Å². The number of amides is 1. The van der Waals surface area contributed by atoms with Gasteiger partial charge in [-0.2, -0.15) is 0 Å². The number of aromatic carboxylic acids is 1. The highest BCUT2D eigenvalue weighted by Crippen LogP contribution is 2.13. The van der Waals surface area contributed by atoms with Gasteiger partial charge in [0.15, 0.2) is 11.4 Å². The van der Waals surface area contributed by atoms with Gasteiger partial charge in [0.05, 0.1) is 6.33 Å². The van der Waals surface area contributed by atoms with Crippen molar-refractivity contribution in [1.82, 2.24) is 14.9 Å². The van der Waals surface area contributed by atoms with E-state index in [0.29, 0.717) is 13.1 Å². The van der Waals surface area contributed by atoms with Crippen molar-refractivity contribution < 1.29 is 14.7 Å². The average Bonchev–Trinajstić information content (AvgIpc) is 2.88. The number of H-pyrrole nitrogens is 1. The molecule has 2 rings (SSSR count). The summed E-state index contributed by atoms with van der Waals surface area (Å²) < 4.78 is 0. The van der Waals surface area contributed by atoms with Gasteiger partial charge in [-0.15, -0.1) is 0 Å². The maximum absolute atomic E-state index is 11.8. The average molecular weight is 209 g/mol. The summed E-state index contributed by atoms with van der Waals surface area (Å²) in [5.74, 6) is -1.46. The molecule has 15 heavy (non-hydrogen) atoms. The van der Waals surface area contributed by atoms with Crippen molar-refractivity contribution in [3.63, 3.8) is 0 Å². The van der Waals surface area contributed by atoms with Crippen LogP contribution in [0.4, 0.5) is 0 Å². The number of aromatic amines is 1. The summed E-state index contributed by atoms with van der Waals surface area (Å²) in [5, 5.41) is 8.80. The first kappa shape index (κ1) is 9.70. The van der Waals surface area contributed by atoms with Crippen LogP contribution in [0.1, 0.15) is 33.8 Å². The van der Waals surface area contributed by atoms with E-state index in [1.165, 1.54) is 6.33 Å². The minimum atomic E-state index is -1.16. The van der Waals surface area contributed by atoms with E-state index in [1.54, 1.807) is 4.90 Å². The Hall–Kier alpha value is -1.85. The Labute approximate surface area is 85.9 Å². The van der Waals surface area contributed by atoms with E-state index in [1.807, 2.05) is 0 Å². The van der Waals surface area contributed by atoms with Gasteiger partial charge in [-0.1, -0.05) is 0 Å². The van der Waals surface area contributed by atoms with E-state index < -0.39 is 5.97 Å². The van der Waals surface area contributed by atoms with Crippen molar-refractivity contribution in [2.75, 3.05) is 13.1 Å². The molecule has 0 atom stereocenters. The minimum absolute atomic E-state index is 0.00407.